The molecule has 0 radical (unpaired) electrons. The van der Waals surface area contributed by atoms with E-state index in [1.165, 1.54) is 4.57 Å². The topological polar surface area (TPSA) is 90.7 Å². The van der Waals surface area contributed by atoms with Crippen LogP contribution in [0.1, 0.15) is 31.2 Å². The minimum atomic E-state index is -1.33. The van der Waals surface area contributed by atoms with Gasteiger partial charge in [0.05, 0.1) is 23.9 Å². The number of hydrogen-bond donors (Lipinski definition) is 1. The lowest BCUT2D eigenvalue weighted by molar-refractivity contribution is -0.154. The number of carboxylic acid groups (broad SMARTS) is 1. The first-order chi connectivity index (χ1) is 15.9. The fourth-order valence-electron chi connectivity index (χ4n) is 4.69. The number of aliphatic carboxylic acids is 1. The molecule has 1 aliphatic heterocycles. The van der Waals surface area contributed by atoms with Crippen LogP contribution in [0.15, 0.2) is 53.5 Å². The molecule has 0 fully saturated rings. The molecule has 1 atom stereocenters. The van der Waals surface area contributed by atoms with E-state index in [9.17, 15) is 14.7 Å². The summed E-state index contributed by atoms with van der Waals surface area (Å²) in [4.78, 5) is 30.3. The average molecular weight is 444 g/mol. The Balaban J connectivity index is 1.95. The molecule has 5 rings (SSSR count). The molecule has 0 spiro atoms. The van der Waals surface area contributed by atoms with Crippen molar-refractivity contribution in [3.05, 3.63) is 70.3 Å². The van der Waals surface area contributed by atoms with Gasteiger partial charge in [0, 0.05) is 41.6 Å². The Kier molecular flexibility index (Phi) is 5.13. The molecular weight excluding hydrogens is 420 g/mol. The molecule has 1 aliphatic rings. The quantitative estimate of drug-likeness (QED) is 0.495. The van der Waals surface area contributed by atoms with Gasteiger partial charge in [0.1, 0.15) is 5.75 Å². The van der Waals surface area contributed by atoms with Crippen LogP contribution in [0.25, 0.3) is 32.8 Å². The van der Waals surface area contributed by atoms with Crippen molar-refractivity contribution in [1.29, 1.82) is 0 Å². The van der Waals surface area contributed by atoms with Crippen LogP contribution >= 0.6 is 0 Å². The van der Waals surface area contributed by atoms with Gasteiger partial charge < -0.3 is 19.1 Å². The summed E-state index contributed by atoms with van der Waals surface area (Å²) in [6.07, 6.45) is 0.844. The molecule has 2 aromatic carbocycles. The predicted octanol–water partition coefficient (Wildman–Crippen LogP) is 4.24. The fourth-order valence-corrected chi connectivity index (χ4v) is 4.69. The Morgan fingerprint density at radius 1 is 1.15 bits per heavy atom. The molecule has 1 N–H and O–H groups in total. The van der Waals surface area contributed by atoms with Gasteiger partial charge in [0.15, 0.2) is 6.10 Å². The Morgan fingerprint density at radius 2 is 1.91 bits per heavy atom. The molecular formula is C26H24N2O5. The molecule has 3 heterocycles. The second-order valence-electron chi connectivity index (χ2n) is 8.48. The van der Waals surface area contributed by atoms with E-state index in [1.54, 1.807) is 39.2 Å². The van der Waals surface area contributed by atoms with Crippen molar-refractivity contribution >= 4 is 27.6 Å². The van der Waals surface area contributed by atoms with Crippen LogP contribution in [0.4, 0.5) is 0 Å². The average Bonchev–Trinajstić information content (AvgIpc) is 2.81. The number of pyridine rings is 2. The first kappa shape index (κ1) is 21.2. The summed E-state index contributed by atoms with van der Waals surface area (Å²) in [6, 6.07) is 13.0. The lowest BCUT2D eigenvalue weighted by Crippen LogP contribution is -2.29. The van der Waals surface area contributed by atoms with E-state index in [0.717, 1.165) is 28.7 Å². The molecule has 0 saturated carbocycles. The highest BCUT2D eigenvalue weighted by Gasteiger charge is 2.31. The lowest BCUT2D eigenvalue weighted by Gasteiger charge is -2.25. The van der Waals surface area contributed by atoms with E-state index in [2.05, 4.69) is 4.98 Å². The summed E-state index contributed by atoms with van der Waals surface area (Å²) < 4.78 is 13.1. The maximum absolute atomic E-state index is 13.3. The number of carboxylic acids is 1. The van der Waals surface area contributed by atoms with Gasteiger partial charge in [-0.25, -0.2) is 4.79 Å². The molecule has 0 bridgehead atoms. The second kappa shape index (κ2) is 8.01. The first-order valence-corrected chi connectivity index (χ1v) is 10.9. The third-order valence-electron chi connectivity index (χ3n) is 6.07. The minimum absolute atomic E-state index is 0.276. The summed E-state index contributed by atoms with van der Waals surface area (Å²) in [5.74, 6) is -0.402. The Bertz CT molecular complexity index is 1460. The van der Waals surface area contributed by atoms with Crippen LogP contribution in [0.5, 0.6) is 5.75 Å². The summed E-state index contributed by atoms with van der Waals surface area (Å²) in [5, 5.41) is 12.2. The molecule has 7 nitrogen and oxygen atoms in total. The van der Waals surface area contributed by atoms with E-state index >= 15 is 0 Å². The van der Waals surface area contributed by atoms with E-state index in [-0.39, 0.29) is 11.7 Å². The maximum Gasteiger partial charge on any atom is 0.339 e. The van der Waals surface area contributed by atoms with Crippen molar-refractivity contribution in [2.24, 2.45) is 7.05 Å². The zero-order valence-electron chi connectivity index (χ0n) is 18.7. The van der Waals surface area contributed by atoms with Gasteiger partial charge in [-0.05, 0) is 49.1 Å². The van der Waals surface area contributed by atoms with E-state index in [0.29, 0.717) is 34.2 Å². The third kappa shape index (κ3) is 3.36. The number of ether oxygens (including phenoxy) is 2. The van der Waals surface area contributed by atoms with Gasteiger partial charge in [-0.3, -0.25) is 9.78 Å². The van der Waals surface area contributed by atoms with Gasteiger partial charge in [0.2, 0.25) is 0 Å². The number of carbonyl (C=O) groups is 1. The zero-order chi connectivity index (χ0) is 23.3. The lowest BCUT2D eigenvalue weighted by atomic mass is 9.91. The second-order valence-corrected chi connectivity index (χ2v) is 8.48. The molecule has 7 heteroatoms. The minimum Gasteiger partial charge on any atom is -0.493 e. The molecule has 33 heavy (non-hydrogen) atoms. The SMILES string of the molecule is CC(C)O[C@H](C(=O)O)c1c(-c2ccc3c4c(ccnc24)CCO3)c2ccccc2c(=O)n1C. The molecule has 168 valence electrons. The molecule has 4 aromatic rings. The Hall–Kier alpha value is -3.71. The van der Waals surface area contributed by atoms with Crippen molar-refractivity contribution in [1.82, 2.24) is 9.55 Å². The van der Waals surface area contributed by atoms with Crippen molar-refractivity contribution in [2.75, 3.05) is 6.61 Å². The van der Waals surface area contributed by atoms with Crippen LogP contribution in [-0.2, 0) is 23.0 Å². The Morgan fingerprint density at radius 3 is 2.64 bits per heavy atom. The molecule has 0 aliphatic carbocycles. The number of rotatable bonds is 5. The molecule has 0 saturated heterocycles. The number of nitrogens with zero attached hydrogens (tertiary/aromatic N) is 2. The number of benzene rings is 2. The zero-order valence-corrected chi connectivity index (χ0v) is 18.7. The van der Waals surface area contributed by atoms with Gasteiger partial charge in [-0.2, -0.15) is 0 Å². The highest BCUT2D eigenvalue weighted by Crippen LogP contribution is 2.42. The fraction of sp³-hybridized carbons (Fsp3) is 0.269. The highest BCUT2D eigenvalue weighted by atomic mass is 16.5. The van der Waals surface area contributed by atoms with E-state index < -0.39 is 12.1 Å². The van der Waals surface area contributed by atoms with Crippen LogP contribution in [0, 0.1) is 0 Å². The van der Waals surface area contributed by atoms with Crippen LogP contribution in [0.2, 0.25) is 0 Å². The summed E-state index contributed by atoms with van der Waals surface area (Å²) >= 11 is 0. The summed E-state index contributed by atoms with van der Waals surface area (Å²) in [5.41, 5.74) is 3.22. The normalized spacial score (nSPS) is 13.9. The Labute approximate surface area is 190 Å². The number of aromatic nitrogens is 2. The van der Waals surface area contributed by atoms with E-state index in [4.69, 9.17) is 9.47 Å². The maximum atomic E-state index is 13.3. The molecule has 0 amide bonds. The monoisotopic (exact) mass is 444 g/mol. The number of fused-ring (bicyclic) bond motifs is 1. The smallest absolute Gasteiger partial charge is 0.339 e. The van der Waals surface area contributed by atoms with Gasteiger partial charge >= 0.3 is 5.97 Å². The van der Waals surface area contributed by atoms with Gasteiger partial charge in [-0.15, -0.1) is 0 Å². The van der Waals surface area contributed by atoms with Crippen molar-refractivity contribution in [3.8, 4) is 16.9 Å². The standard InChI is InChI=1S/C26H24N2O5/c1-14(2)33-24(26(30)31)23-21(16-6-4-5-7-17(16)25(29)28(23)3)18-8-9-19-20-15(11-13-32-19)10-12-27-22(18)20/h4-10,12,14,24H,11,13H2,1-3H3,(H,30,31)/t24-/m0/s1. The predicted molar refractivity (Wildman–Crippen MR) is 126 cm³/mol. The highest BCUT2D eigenvalue weighted by molar-refractivity contribution is 6.07. The van der Waals surface area contributed by atoms with Crippen LogP contribution in [0.3, 0.4) is 0 Å². The molecule has 0 unspecified atom stereocenters. The summed E-state index contributed by atoms with van der Waals surface area (Å²) in [6.45, 7) is 4.15. The number of hydrogen-bond acceptors (Lipinski definition) is 5. The van der Waals surface area contributed by atoms with E-state index in [1.807, 2.05) is 30.3 Å². The van der Waals surface area contributed by atoms with Gasteiger partial charge in [0.25, 0.3) is 5.56 Å². The first-order valence-electron chi connectivity index (χ1n) is 10.9. The van der Waals surface area contributed by atoms with Gasteiger partial charge in [-0.1, -0.05) is 18.2 Å². The summed E-state index contributed by atoms with van der Waals surface area (Å²) in [7, 11) is 1.59. The molecule has 2 aromatic heterocycles. The largest absolute Gasteiger partial charge is 0.493 e. The third-order valence-corrected chi connectivity index (χ3v) is 6.07. The van der Waals surface area contributed by atoms with Crippen molar-refractivity contribution in [2.45, 2.75) is 32.5 Å². The van der Waals surface area contributed by atoms with Crippen molar-refractivity contribution < 1.29 is 19.4 Å². The van der Waals surface area contributed by atoms with Crippen LogP contribution in [-0.4, -0.2) is 33.3 Å². The van der Waals surface area contributed by atoms with Crippen molar-refractivity contribution in [3.63, 3.8) is 0 Å². The van der Waals surface area contributed by atoms with Crippen LogP contribution < -0.4 is 10.3 Å².